The van der Waals surface area contributed by atoms with E-state index in [4.69, 9.17) is 4.74 Å². The minimum absolute atomic E-state index is 0.418. The molecule has 0 aliphatic heterocycles. The van der Waals surface area contributed by atoms with Crippen LogP contribution in [-0.4, -0.2) is 40.0 Å². The monoisotopic (exact) mass is 412 g/mol. The lowest BCUT2D eigenvalue weighted by atomic mass is 9.97. The van der Waals surface area contributed by atoms with Crippen molar-refractivity contribution >= 4 is 18.1 Å². The van der Waals surface area contributed by atoms with E-state index in [1.54, 1.807) is 6.08 Å². The Balaban J connectivity index is 1.83. The third kappa shape index (κ3) is 5.25. The van der Waals surface area contributed by atoms with Crippen LogP contribution in [0.15, 0.2) is 30.3 Å². The fourth-order valence-electron chi connectivity index (χ4n) is 3.51. The zero-order valence-electron chi connectivity index (χ0n) is 17.8. The topological polar surface area (TPSA) is 106 Å². The van der Waals surface area contributed by atoms with Gasteiger partial charge in [0.25, 0.3) is 0 Å². The predicted octanol–water partition coefficient (Wildman–Crippen LogP) is 3.95. The Hall–Kier alpha value is -3.16. The van der Waals surface area contributed by atoms with E-state index in [0.717, 1.165) is 36.8 Å². The number of H-pyrrole nitrogens is 1. The number of nitrogens with one attached hydrogen (secondary N) is 2. The van der Waals surface area contributed by atoms with Crippen molar-refractivity contribution in [1.29, 1.82) is 0 Å². The lowest BCUT2D eigenvalue weighted by Gasteiger charge is -2.29. The van der Waals surface area contributed by atoms with E-state index in [-0.39, 0.29) is 0 Å². The zero-order chi connectivity index (χ0) is 21.8. The summed E-state index contributed by atoms with van der Waals surface area (Å²) in [5.74, 6) is 0.727. The molecule has 1 heterocycles. The molecule has 1 aromatic heterocycles. The van der Waals surface area contributed by atoms with Crippen molar-refractivity contribution in [1.82, 2.24) is 20.5 Å². The number of methoxy groups -OCH3 is 1. The molecule has 160 valence electrons. The first-order valence-corrected chi connectivity index (χ1v) is 10.0. The molecule has 1 amide bonds. The minimum atomic E-state index is -0.639. The fourth-order valence-corrected chi connectivity index (χ4v) is 3.51. The van der Waals surface area contributed by atoms with Crippen molar-refractivity contribution in [2.75, 3.05) is 7.11 Å². The Bertz CT molecular complexity index is 937. The second-order valence-corrected chi connectivity index (χ2v) is 8.41. The predicted molar refractivity (Wildman–Crippen MR) is 112 cm³/mol. The summed E-state index contributed by atoms with van der Waals surface area (Å²) in [6.45, 7) is 5.50. The minimum Gasteiger partial charge on any atom is -0.466 e. The van der Waals surface area contributed by atoms with Crippen molar-refractivity contribution < 1.29 is 19.1 Å². The van der Waals surface area contributed by atoms with Gasteiger partial charge in [-0.1, -0.05) is 31.0 Å². The molecule has 0 unspecified atom stereocenters. The normalized spacial score (nSPS) is 15.9. The van der Waals surface area contributed by atoms with Gasteiger partial charge in [-0.3, -0.25) is 5.10 Å². The van der Waals surface area contributed by atoms with Gasteiger partial charge >= 0.3 is 12.1 Å². The molecule has 1 fully saturated rings. The molecule has 8 nitrogen and oxygen atoms in total. The molecule has 1 aliphatic rings. The summed E-state index contributed by atoms with van der Waals surface area (Å²) in [7, 11) is 1.34. The lowest BCUT2D eigenvalue weighted by molar-refractivity contribution is -0.134. The van der Waals surface area contributed by atoms with E-state index in [0.29, 0.717) is 11.6 Å². The van der Waals surface area contributed by atoms with Crippen LogP contribution in [0.3, 0.4) is 0 Å². The Morgan fingerprint density at radius 1 is 1.23 bits per heavy atom. The second kappa shape index (κ2) is 8.69. The van der Waals surface area contributed by atoms with Crippen LogP contribution in [0, 0.1) is 0 Å². The number of hydrogen-bond donors (Lipinski definition) is 2. The highest BCUT2D eigenvalue weighted by atomic mass is 16.6. The highest BCUT2D eigenvalue weighted by molar-refractivity contribution is 5.87. The molecule has 30 heavy (non-hydrogen) atoms. The summed E-state index contributed by atoms with van der Waals surface area (Å²) in [5.41, 5.74) is 0.440. The number of alkyl carbamates (subject to hydrolysis) is 1. The molecule has 0 spiro atoms. The number of ether oxygens (including phenoxy) is 2. The summed E-state index contributed by atoms with van der Waals surface area (Å²) in [5, 5.41) is 10.4. The summed E-state index contributed by atoms with van der Waals surface area (Å²) in [6, 6.07) is 7.55. The first-order chi connectivity index (χ1) is 14.2. The van der Waals surface area contributed by atoms with E-state index >= 15 is 0 Å². The molecule has 1 aliphatic carbocycles. The number of carbonyl (C=O) groups is 2. The average molecular weight is 412 g/mol. The van der Waals surface area contributed by atoms with Crippen molar-refractivity contribution in [2.45, 2.75) is 57.6 Å². The average Bonchev–Trinajstić information content (AvgIpc) is 3.35. The van der Waals surface area contributed by atoms with Crippen molar-refractivity contribution in [3.8, 4) is 11.4 Å². The Morgan fingerprint density at radius 3 is 2.63 bits per heavy atom. The van der Waals surface area contributed by atoms with E-state index in [1.807, 2.05) is 45.0 Å². The number of esters is 1. The fraction of sp³-hybridized carbons (Fsp3) is 0.455. The van der Waals surface area contributed by atoms with Gasteiger partial charge in [-0.15, -0.1) is 0 Å². The zero-order valence-corrected chi connectivity index (χ0v) is 17.8. The smallest absolute Gasteiger partial charge is 0.408 e. The number of benzene rings is 1. The van der Waals surface area contributed by atoms with E-state index in [1.165, 1.54) is 13.2 Å². The molecular formula is C22H28N4O4. The molecule has 8 heteroatoms. The summed E-state index contributed by atoms with van der Waals surface area (Å²) in [4.78, 5) is 28.4. The summed E-state index contributed by atoms with van der Waals surface area (Å²) < 4.78 is 10.1. The lowest BCUT2D eigenvalue weighted by Crippen LogP contribution is -2.46. The molecule has 1 saturated carbocycles. The van der Waals surface area contributed by atoms with Gasteiger partial charge in [-0.2, -0.15) is 5.10 Å². The number of hydrogen-bond acceptors (Lipinski definition) is 6. The molecule has 0 saturated heterocycles. The molecule has 2 N–H and O–H groups in total. The van der Waals surface area contributed by atoms with E-state index in [9.17, 15) is 9.59 Å². The van der Waals surface area contributed by atoms with Gasteiger partial charge in [0, 0.05) is 11.6 Å². The van der Waals surface area contributed by atoms with E-state index in [2.05, 4.69) is 25.2 Å². The number of amides is 1. The summed E-state index contributed by atoms with van der Waals surface area (Å²) in [6.07, 6.45) is 6.04. The van der Waals surface area contributed by atoms with Crippen molar-refractivity contribution in [3.05, 3.63) is 41.7 Å². The van der Waals surface area contributed by atoms with Crippen LogP contribution in [0.4, 0.5) is 4.79 Å². The van der Waals surface area contributed by atoms with Crippen LogP contribution < -0.4 is 5.32 Å². The molecule has 1 aromatic carbocycles. The third-order valence-corrected chi connectivity index (χ3v) is 4.88. The molecule has 0 atom stereocenters. The van der Waals surface area contributed by atoms with E-state index < -0.39 is 23.2 Å². The van der Waals surface area contributed by atoms with Gasteiger partial charge in [0.2, 0.25) is 0 Å². The van der Waals surface area contributed by atoms with Gasteiger partial charge < -0.3 is 14.8 Å². The van der Waals surface area contributed by atoms with Gasteiger partial charge in [0.1, 0.15) is 11.1 Å². The Labute approximate surface area is 176 Å². The van der Waals surface area contributed by atoms with Gasteiger partial charge in [0.05, 0.1) is 7.11 Å². The standard InChI is InChI=1S/C22H28N4O4/c1-21(2,3)30-20(28)24-22(12-5-6-13-22)19-23-18(25-26-19)16-9-7-8-15(14-16)10-11-17(27)29-4/h7-11,14H,5-6,12-13H2,1-4H3,(H,24,28)(H,23,25,26)/b11-10+. The van der Waals surface area contributed by atoms with Gasteiger partial charge in [-0.05, 0) is 51.3 Å². The maximum Gasteiger partial charge on any atom is 0.408 e. The first kappa shape index (κ1) is 21.5. The maximum absolute atomic E-state index is 12.4. The van der Waals surface area contributed by atoms with Crippen LogP contribution in [-0.2, 0) is 19.8 Å². The Morgan fingerprint density at radius 2 is 1.97 bits per heavy atom. The molecule has 2 aromatic rings. The highest BCUT2D eigenvalue weighted by Gasteiger charge is 2.41. The number of aromatic nitrogens is 3. The van der Waals surface area contributed by atoms with Crippen LogP contribution in [0.25, 0.3) is 17.5 Å². The first-order valence-electron chi connectivity index (χ1n) is 10.0. The van der Waals surface area contributed by atoms with Gasteiger partial charge in [-0.25, -0.2) is 14.6 Å². The number of carbonyl (C=O) groups excluding carboxylic acids is 2. The number of aromatic amines is 1. The highest BCUT2D eigenvalue weighted by Crippen LogP contribution is 2.38. The summed E-state index contributed by atoms with van der Waals surface area (Å²) >= 11 is 0. The molecule has 3 rings (SSSR count). The molecule has 0 radical (unpaired) electrons. The quantitative estimate of drug-likeness (QED) is 0.569. The number of nitrogens with zero attached hydrogens (tertiary/aromatic N) is 2. The molecule has 0 bridgehead atoms. The Kier molecular flexibility index (Phi) is 6.24. The van der Waals surface area contributed by atoms with Crippen molar-refractivity contribution in [2.24, 2.45) is 0 Å². The van der Waals surface area contributed by atoms with Crippen LogP contribution in [0.2, 0.25) is 0 Å². The maximum atomic E-state index is 12.4. The molecular weight excluding hydrogens is 384 g/mol. The van der Waals surface area contributed by atoms with Crippen LogP contribution in [0.1, 0.15) is 57.8 Å². The van der Waals surface area contributed by atoms with Crippen LogP contribution in [0.5, 0.6) is 0 Å². The second-order valence-electron chi connectivity index (χ2n) is 8.41. The van der Waals surface area contributed by atoms with Crippen molar-refractivity contribution in [3.63, 3.8) is 0 Å². The largest absolute Gasteiger partial charge is 0.466 e. The SMILES string of the molecule is COC(=O)/C=C/c1cccc(-c2nc(C3(NC(=O)OC(C)(C)C)CCCC3)n[nH]2)c1. The third-order valence-electron chi connectivity index (χ3n) is 4.88. The van der Waals surface area contributed by atoms with Gasteiger partial charge in [0.15, 0.2) is 11.6 Å². The number of rotatable bonds is 5. The van der Waals surface area contributed by atoms with Crippen LogP contribution >= 0.6 is 0 Å².